The normalized spacial score (nSPS) is 12.8. The third kappa shape index (κ3) is 6.69. The lowest BCUT2D eigenvalue weighted by Gasteiger charge is -2.12. The van der Waals surface area contributed by atoms with Crippen LogP contribution in [0.15, 0.2) is 83.5 Å². The summed E-state index contributed by atoms with van der Waals surface area (Å²) < 4.78 is 0. The lowest BCUT2D eigenvalue weighted by atomic mass is 10.0. The molecule has 1 aromatic heterocycles. The maximum absolute atomic E-state index is 12.4. The van der Waals surface area contributed by atoms with E-state index >= 15 is 0 Å². The van der Waals surface area contributed by atoms with E-state index in [0.717, 1.165) is 41.3 Å². The van der Waals surface area contributed by atoms with Crippen molar-refractivity contribution in [1.29, 1.82) is 5.41 Å². The van der Waals surface area contributed by atoms with Crippen molar-refractivity contribution in [3.05, 3.63) is 100 Å². The molecule has 164 valence electrons. The van der Waals surface area contributed by atoms with Crippen molar-refractivity contribution < 1.29 is 5.11 Å². The second-order valence-electron chi connectivity index (χ2n) is 6.18. The smallest absolute Gasteiger partial charge is 0.253 e. The average Bonchev–Trinajstić information content (AvgIpc) is 3.06. The van der Waals surface area contributed by atoms with E-state index in [2.05, 4.69) is 23.0 Å². The molecule has 2 aromatic rings. The Bertz CT molecular complexity index is 1070. The van der Waals surface area contributed by atoms with Crippen LogP contribution in [0.3, 0.4) is 0 Å². The summed E-state index contributed by atoms with van der Waals surface area (Å²) in [5.41, 5.74) is 10.4. The number of allylic oxidation sites excluding steroid dienone is 7. The number of pyridine rings is 1. The van der Waals surface area contributed by atoms with Gasteiger partial charge in [-0.3, -0.25) is 4.79 Å². The molecule has 6 N–H and O–H groups in total. The van der Waals surface area contributed by atoms with Gasteiger partial charge in [-0.15, -0.1) is 0 Å². The van der Waals surface area contributed by atoms with Crippen molar-refractivity contribution in [2.45, 2.75) is 26.8 Å². The van der Waals surface area contributed by atoms with E-state index in [1.165, 1.54) is 12.4 Å². The molecule has 0 fully saturated rings. The van der Waals surface area contributed by atoms with Gasteiger partial charge >= 0.3 is 0 Å². The number of nitrogens with two attached hydrogens (primary N) is 1. The first kappa shape index (κ1) is 25.4. The molecule has 6 heteroatoms. The van der Waals surface area contributed by atoms with Crippen molar-refractivity contribution in [2.24, 2.45) is 5.73 Å². The number of aromatic amines is 1. The minimum Gasteiger partial charge on any atom is -0.404 e. The predicted octanol–water partition coefficient (Wildman–Crippen LogP) is 4.16. The molecule has 1 aromatic carbocycles. The summed E-state index contributed by atoms with van der Waals surface area (Å²) in [4.78, 5) is 15.3. The Labute approximate surface area is 183 Å². The largest absolute Gasteiger partial charge is 0.404 e. The molecule has 0 spiro atoms. The van der Waals surface area contributed by atoms with Gasteiger partial charge in [0.15, 0.2) is 0 Å². The second-order valence-corrected chi connectivity index (χ2v) is 6.18. The summed E-state index contributed by atoms with van der Waals surface area (Å²) >= 11 is 0. The molecule has 0 radical (unpaired) electrons. The molecular formula is C25H32N4O2. The minimum atomic E-state index is -0.121. The minimum absolute atomic E-state index is 0.121. The highest BCUT2D eigenvalue weighted by molar-refractivity contribution is 6.09. The Morgan fingerprint density at radius 2 is 2.03 bits per heavy atom. The number of benzene rings is 1. The lowest BCUT2D eigenvalue weighted by Crippen LogP contribution is -2.21. The van der Waals surface area contributed by atoms with E-state index in [4.69, 9.17) is 16.2 Å². The van der Waals surface area contributed by atoms with Crippen LogP contribution >= 0.6 is 0 Å². The highest BCUT2D eigenvalue weighted by Crippen LogP contribution is 2.19. The molecule has 0 bridgehead atoms. The molecular weight excluding hydrogens is 388 g/mol. The monoisotopic (exact) mass is 420 g/mol. The molecule has 0 aliphatic heterocycles. The number of hydrogen-bond donors (Lipinski definition) is 5. The van der Waals surface area contributed by atoms with Gasteiger partial charge in [0.2, 0.25) is 0 Å². The number of H-pyrrole nitrogens is 1. The molecule has 0 atom stereocenters. The second kappa shape index (κ2) is 13.6. The van der Waals surface area contributed by atoms with E-state index < -0.39 is 0 Å². The van der Waals surface area contributed by atoms with Gasteiger partial charge in [-0.05, 0) is 34.7 Å². The topological polar surface area (TPSA) is 115 Å². The number of rotatable bonds is 6. The lowest BCUT2D eigenvalue weighted by molar-refractivity contribution is 0.399. The molecule has 31 heavy (non-hydrogen) atoms. The van der Waals surface area contributed by atoms with Crippen molar-refractivity contribution >= 4 is 22.7 Å². The van der Waals surface area contributed by atoms with Gasteiger partial charge < -0.3 is 26.6 Å². The fourth-order valence-corrected chi connectivity index (χ4v) is 3.00. The first-order valence-electron chi connectivity index (χ1n) is 10.1. The molecule has 1 aliphatic rings. The standard InChI is InChI=1S/C22H22N4O.C2H6.CH4O/c1-2-15-6-4-3-5-7-20(15)25-14-18-11-17-10-16(19(12-23)13-24)8-9-21(17)26-22(18)27;2*1-2/h2-6,8-13,23,25H,1,7,14,24H2,(H,26,27);1-2H3;2H,1H3/b19-13+,23-12?;;. The Morgan fingerprint density at radius 3 is 2.68 bits per heavy atom. The number of aromatic nitrogens is 1. The average molecular weight is 421 g/mol. The van der Waals surface area contributed by atoms with Crippen molar-refractivity contribution in [2.75, 3.05) is 7.11 Å². The first-order chi connectivity index (χ1) is 15.2. The van der Waals surface area contributed by atoms with Crippen LogP contribution in [-0.2, 0) is 6.54 Å². The van der Waals surface area contributed by atoms with Crippen LogP contribution in [0.5, 0.6) is 0 Å². The van der Waals surface area contributed by atoms with Crippen LogP contribution in [-0.4, -0.2) is 23.4 Å². The van der Waals surface area contributed by atoms with E-state index in [1.807, 2.05) is 56.3 Å². The highest BCUT2D eigenvalue weighted by atomic mass is 16.2. The zero-order chi connectivity index (χ0) is 23.2. The SMILES string of the molecule is C=CC1=C(NCc2cc3cc(/C(C=N)=C/N)ccc3[nH]c2=O)CC=CC=C1.CC.CO. The Kier molecular flexibility index (Phi) is 11.1. The van der Waals surface area contributed by atoms with Crippen molar-refractivity contribution in [3.63, 3.8) is 0 Å². The quantitative estimate of drug-likeness (QED) is 0.451. The summed E-state index contributed by atoms with van der Waals surface area (Å²) in [6.45, 7) is 8.26. The maximum Gasteiger partial charge on any atom is 0.253 e. The van der Waals surface area contributed by atoms with Gasteiger partial charge in [0.05, 0.1) is 0 Å². The molecule has 6 nitrogen and oxygen atoms in total. The molecule has 0 unspecified atom stereocenters. The van der Waals surface area contributed by atoms with E-state index in [-0.39, 0.29) is 5.56 Å². The maximum atomic E-state index is 12.4. The van der Waals surface area contributed by atoms with Crippen LogP contribution in [0.4, 0.5) is 0 Å². The van der Waals surface area contributed by atoms with Crippen LogP contribution in [0.2, 0.25) is 0 Å². The molecule has 1 aliphatic carbocycles. The molecule has 3 rings (SSSR count). The van der Waals surface area contributed by atoms with E-state index in [1.54, 1.807) is 6.08 Å². The van der Waals surface area contributed by atoms with Gasteiger partial charge in [0.1, 0.15) is 0 Å². The fraction of sp³-hybridized carbons (Fsp3) is 0.200. The van der Waals surface area contributed by atoms with Gasteiger partial charge in [0.25, 0.3) is 5.56 Å². The van der Waals surface area contributed by atoms with Crippen LogP contribution < -0.4 is 16.6 Å². The molecule has 1 heterocycles. The summed E-state index contributed by atoms with van der Waals surface area (Å²) in [5, 5.41) is 18.7. The number of aliphatic hydroxyl groups excluding tert-OH is 1. The van der Waals surface area contributed by atoms with Crippen LogP contribution in [0, 0.1) is 5.41 Å². The number of aliphatic hydroxyl groups is 1. The number of nitrogens with one attached hydrogen (secondary N) is 3. The van der Waals surface area contributed by atoms with Crippen LogP contribution in [0.25, 0.3) is 16.5 Å². The summed E-state index contributed by atoms with van der Waals surface area (Å²) in [6.07, 6.45) is 13.2. The predicted molar refractivity (Wildman–Crippen MR) is 132 cm³/mol. The summed E-state index contributed by atoms with van der Waals surface area (Å²) in [7, 11) is 1.00. The zero-order valence-electron chi connectivity index (χ0n) is 18.4. The van der Waals surface area contributed by atoms with E-state index in [0.29, 0.717) is 17.7 Å². The first-order valence-corrected chi connectivity index (χ1v) is 10.1. The highest BCUT2D eigenvalue weighted by Gasteiger charge is 2.08. The molecule has 0 saturated carbocycles. The van der Waals surface area contributed by atoms with Gasteiger partial charge in [-0.25, -0.2) is 0 Å². The molecule has 0 saturated heterocycles. The third-order valence-electron chi connectivity index (χ3n) is 4.50. The van der Waals surface area contributed by atoms with Crippen molar-refractivity contribution in [1.82, 2.24) is 10.3 Å². The Balaban J connectivity index is 0.00000113. The Morgan fingerprint density at radius 1 is 1.29 bits per heavy atom. The Hall–Kier alpha value is -3.64. The van der Waals surface area contributed by atoms with Crippen molar-refractivity contribution in [3.8, 4) is 0 Å². The summed E-state index contributed by atoms with van der Waals surface area (Å²) in [6, 6.07) is 7.46. The third-order valence-corrected chi connectivity index (χ3v) is 4.50. The van der Waals surface area contributed by atoms with Gasteiger partial charge in [-0.1, -0.05) is 56.9 Å². The van der Waals surface area contributed by atoms with Gasteiger partial charge in [0, 0.05) is 54.8 Å². The van der Waals surface area contributed by atoms with Gasteiger partial charge in [-0.2, -0.15) is 0 Å². The fourth-order valence-electron chi connectivity index (χ4n) is 3.00. The number of fused-ring (bicyclic) bond motifs is 1. The number of hydrogen-bond acceptors (Lipinski definition) is 5. The summed E-state index contributed by atoms with van der Waals surface area (Å²) in [5.74, 6) is 0. The van der Waals surface area contributed by atoms with Crippen LogP contribution in [0.1, 0.15) is 31.4 Å². The zero-order valence-corrected chi connectivity index (χ0v) is 18.4. The molecule has 0 amide bonds. The van der Waals surface area contributed by atoms with E-state index in [9.17, 15) is 4.79 Å².